The zero-order valence-electron chi connectivity index (χ0n) is 11.3. The molecule has 0 aromatic heterocycles. The van der Waals surface area contributed by atoms with E-state index in [1.54, 1.807) is 30.3 Å². The van der Waals surface area contributed by atoms with Crippen LogP contribution in [-0.4, -0.2) is 16.9 Å². The van der Waals surface area contributed by atoms with Crippen molar-refractivity contribution >= 4 is 23.4 Å². The summed E-state index contributed by atoms with van der Waals surface area (Å²) in [6, 6.07) is 15.9. The molecule has 104 valence electrons. The number of hydrogen-bond acceptors (Lipinski definition) is 2. The third-order valence-electron chi connectivity index (χ3n) is 3.00. The predicted octanol–water partition coefficient (Wildman–Crippen LogP) is 3.68. The van der Waals surface area contributed by atoms with E-state index in [1.165, 1.54) is 6.08 Å². The van der Waals surface area contributed by atoms with Gasteiger partial charge in [0.1, 0.15) is 0 Å². The highest BCUT2D eigenvalue weighted by Gasteiger charge is 2.08. The molecule has 0 saturated carbocycles. The van der Waals surface area contributed by atoms with Crippen LogP contribution >= 0.6 is 0 Å². The smallest absolute Gasteiger partial charge is 0.335 e. The first-order valence-electron chi connectivity index (χ1n) is 6.38. The molecule has 1 N–H and O–H groups in total. The molecule has 0 bridgehead atoms. The number of rotatable bonds is 5. The van der Waals surface area contributed by atoms with Gasteiger partial charge in [-0.3, -0.25) is 4.79 Å². The lowest BCUT2D eigenvalue weighted by Crippen LogP contribution is -1.99. The first-order chi connectivity index (χ1) is 10.1. The minimum absolute atomic E-state index is 0.00817. The van der Waals surface area contributed by atoms with Crippen LogP contribution in [0.4, 0.5) is 0 Å². The number of hydrogen-bond donors (Lipinski definition) is 1. The van der Waals surface area contributed by atoms with E-state index in [0.717, 1.165) is 5.56 Å². The average molecular weight is 278 g/mol. The molecule has 0 amide bonds. The maximum absolute atomic E-state index is 12.0. The van der Waals surface area contributed by atoms with Gasteiger partial charge in [-0.25, -0.2) is 4.79 Å². The number of aliphatic carboxylic acids is 1. The van der Waals surface area contributed by atoms with Gasteiger partial charge in [0.05, 0.1) is 5.57 Å². The van der Waals surface area contributed by atoms with Gasteiger partial charge in [0.25, 0.3) is 0 Å². The average Bonchev–Trinajstić information content (AvgIpc) is 2.53. The fourth-order valence-corrected chi connectivity index (χ4v) is 1.79. The first-order valence-corrected chi connectivity index (χ1v) is 6.38. The number of benzene rings is 2. The van der Waals surface area contributed by atoms with Gasteiger partial charge in [-0.05, 0) is 17.2 Å². The molecule has 3 nitrogen and oxygen atoms in total. The summed E-state index contributed by atoms with van der Waals surface area (Å²) in [6.07, 6.45) is 3.24. The Labute approximate surface area is 122 Å². The number of allylic oxidation sites excluding steroid dienone is 1. The molecule has 0 aliphatic heterocycles. The summed E-state index contributed by atoms with van der Waals surface area (Å²) >= 11 is 0. The monoisotopic (exact) mass is 278 g/mol. The Morgan fingerprint density at radius 1 is 0.905 bits per heavy atom. The van der Waals surface area contributed by atoms with Crippen LogP contribution in [0.5, 0.6) is 0 Å². The molecule has 0 unspecified atom stereocenters. The van der Waals surface area contributed by atoms with E-state index in [1.807, 2.05) is 30.3 Å². The molecular weight excluding hydrogens is 264 g/mol. The molecule has 0 fully saturated rings. The van der Waals surface area contributed by atoms with Crippen molar-refractivity contribution < 1.29 is 14.7 Å². The standard InChI is InChI=1S/C18H14O3/c1-13(18(20)21)15-8-10-16(11-9-15)17(19)12-7-14-5-3-2-4-6-14/h2-12H,1H2,(H,20,21)/b12-7+. The van der Waals surface area contributed by atoms with Crippen LogP contribution in [-0.2, 0) is 4.79 Å². The second-order valence-electron chi connectivity index (χ2n) is 4.47. The summed E-state index contributed by atoms with van der Waals surface area (Å²) in [6.45, 7) is 3.48. The van der Waals surface area contributed by atoms with Crippen LogP contribution in [0.25, 0.3) is 11.6 Å². The zero-order chi connectivity index (χ0) is 15.2. The summed E-state index contributed by atoms with van der Waals surface area (Å²) in [4.78, 5) is 22.8. The van der Waals surface area contributed by atoms with Crippen LogP contribution in [0.1, 0.15) is 21.5 Å². The fraction of sp³-hybridized carbons (Fsp3) is 0. The highest BCUT2D eigenvalue weighted by molar-refractivity contribution is 6.14. The largest absolute Gasteiger partial charge is 0.478 e. The van der Waals surface area contributed by atoms with Crippen molar-refractivity contribution in [1.82, 2.24) is 0 Å². The SMILES string of the molecule is C=C(C(=O)O)c1ccc(C(=O)/C=C/c2ccccc2)cc1. The van der Waals surface area contributed by atoms with Crippen LogP contribution in [0.15, 0.2) is 67.3 Å². The number of carboxylic acids is 1. The molecule has 3 heteroatoms. The van der Waals surface area contributed by atoms with Crippen LogP contribution < -0.4 is 0 Å². The van der Waals surface area contributed by atoms with E-state index >= 15 is 0 Å². The molecule has 21 heavy (non-hydrogen) atoms. The van der Waals surface area contributed by atoms with Crippen LogP contribution in [0.3, 0.4) is 0 Å². The van der Waals surface area contributed by atoms with E-state index in [-0.39, 0.29) is 11.4 Å². The molecule has 0 radical (unpaired) electrons. The van der Waals surface area contributed by atoms with Crippen molar-refractivity contribution in [3.8, 4) is 0 Å². The van der Waals surface area contributed by atoms with E-state index in [0.29, 0.717) is 11.1 Å². The van der Waals surface area contributed by atoms with Gasteiger partial charge in [-0.15, -0.1) is 0 Å². The number of carboxylic acid groups (broad SMARTS) is 1. The van der Waals surface area contributed by atoms with Crippen LogP contribution in [0.2, 0.25) is 0 Å². The van der Waals surface area contributed by atoms with E-state index in [2.05, 4.69) is 6.58 Å². The Morgan fingerprint density at radius 3 is 2.05 bits per heavy atom. The Bertz CT molecular complexity index is 695. The second-order valence-corrected chi connectivity index (χ2v) is 4.47. The van der Waals surface area contributed by atoms with Gasteiger partial charge in [0, 0.05) is 5.56 Å². The summed E-state index contributed by atoms with van der Waals surface area (Å²) < 4.78 is 0. The summed E-state index contributed by atoms with van der Waals surface area (Å²) in [5.41, 5.74) is 1.95. The number of carbonyl (C=O) groups excluding carboxylic acids is 1. The highest BCUT2D eigenvalue weighted by atomic mass is 16.4. The van der Waals surface area contributed by atoms with Crippen molar-refractivity contribution in [1.29, 1.82) is 0 Å². The topological polar surface area (TPSA) is 54.4 Å². The van der Waals surface area contributed by atoms with Gasteiger partial charge >= 0.3 is 5.97 Å². The second kappa shape index (κ2) is 6.48. The molecule has 0 spiro atoms. The maximum atomic E-state index is 12.0. The van der Waals surface area contributed by atoms with Crippen LogP contribution in [0, 0.1) is 0 Å². The fourth-order valence-electron chi connectivity index (χ4n) is 1.79. The Morgan fingerprint density at radius 2 is 1.48 bits per heavy atom. The molecular formula is C18H14O3. The number of ketones is 1. The highest BCUT2D eigenvalue weighted by Crippen LogP contribution is 2.14. The summed E-state index contributed by atoms with van der Waals surface area (Å²) in [7, 11) is 0. The quantitative estimate of drug-likeness (QED) is 0.670. The third kappa shape index (κ3) is 3.76. The number of carbonyl (C=O) groups is 2. The lowest BCUT2D eigenvalue weighted by Gasteiger charge is -2.01. The van der Waals surface area contributed by atoms with E-state index in [4.69, 9.17) is 5.11 Å². The third-order valence-corrected chi connectivity index (χ3v) is 3.00. The van der Waals surface area contributed by atoms with E-state index < -0.39 is 5.97 Å². The molecule has 2 aromatic rings. The predicted molar refractivity (Wildman–Crippen MR) is 82.9 cm³/mol. The lowest BCUT2D eigenvalue weighted by atomic mass is 10.0. The molecule has 0 saturated heterocycles. The van der Waals surface area contributed by atoms with Gasteiger partial charge in [-0.1, -0.05) is 67.3 Å². The molecule has 0 heterocycles. The van der Waals surface area contributed by atoms with Crippen molar-refractivity contribution in [2.24, 2.45) is 0 Å². The lowest BCUT2D eigenvalue weighted by molar-refractivity contribution is -0.130. The zero-order valence-corrected chi connectivity index (χ0v) is 11.3. The van der Waals surface area contributed by atoms with Crippen molar-refractivity contribution in [2.45, 2.75) is 0 Å². The Hall–Kier alpha value is -2.94. The molecule has 0 atom stereocenters. The molecule has 2 rings (SSSR count). The normalized spacial score (nSPS) is 10.5. The summed E-state index contributed by atoms with van der Waals surface area (Å²) in [5, 5.41) is 8.85. The van der Waals surface area contributed by atoms with Gasteiger partial charge in [-0.2, -0.15) is 0 Å². The van der Waals surface area contributed by atoms with E-state index in [9.17, 15) is 9.59 Å². The van der Waals surface area contributed by atoms with Gasteiger partial charge in [0.2, 0.25) is 0 Å². The minimum atomic E-state index is -1.07. The molecule has 0 aliphatic carbocycles. The Kier molecular flexibility index (Phi) is 4.46. The molecule has 0 aliphatic rings. The van der Waals surface area contributed by atoms with Crippen molar-refractivity contribution in [3.05, 3.63) is 83.9 Å². The minimum Gasteiger partial charge on any atom is -0.478 e. The maximum Gasteiger partial charge on any atom is 0.335 e. The van der Waals surface area contributed by atoms with Crippen molar-refractivity contribution in [2.75, 3.05) is 0 Å². The van der Waals surface area contributed by atoms with Crippen molar-refractivity contribution in [3.63, 3.8) is 0 Å². The molecule has 2 aromatic carbocycles. The van der Waals surface area contributed by atoms with Gasteiger partial charge < -0.3 is 5.11 Å². The Balaban J connectivity index is 2.12. The first kappa shape index (κ1) is 14.5. The van der Waals surface area contributed by atoms with Gasteiger partial charge in [0.15, 0.2) is 5.78 Å². The summed E-state index contributed by atoms with van der Waals surface area (Å²) in [5.74, 6) is -1.20.